The van der Waals surface area contributed by atoms with Crippen molar-refractivity contribution in [1.82, 2.24) is 14.7 Å². The molecule has 1 saturated heterocycles. The highest BCUT2D eigenvalue weighted by Gasteiger charge is 2.32. The van der Waals surface area contributed by atoms with E-state index in [1.807, 2.05) is 20.8 Å². The molecule has 116 valence electrons. The number of nitro groups is 1. The van der Waals surface area contributed by atoms with Gasteiger partial charge in [0, 0.05) is 13.1 Å². The van der Waals surface area contributed by atoms with Crippen molar-refractivity contribution in [3.05, 3.63) is 22.0 Å². The molecule has 0 radical (unpaired) electrons. The summed E-state index contributed by atoms with van der Waals surface area (Å²) < 4.78 is 6.96. The SMILES string of the molecule is Cc1c([N+](=O)[O-])cnn1C1CCN(C(=O)OC(C)(C)C)C1. The molecule has 21 heavy (non-hydrogen) atoms. The van der Waals surface area contributed by atoms with Gasteiger partial charge in [0.1, 0.15) is 17.5 Å². The monoisotopic (exact) mass is 296 g/mol. The molecule has 1 aromatic rings. The zero-order valence-corrected chi connectivity index (χ0v) is 12.7. The van der Waals surface area contributed by atoms with Crippen LogP contribution >= 0.6 is 0 Å². The van der Waals surface area contributed by atoms with Crippen LogP contribution in [0.5, 0.6) is 0 Å². The second-order valence-electron chi connectivity index (χ2n) is 6.19. The fourth-order valence-corrected chi connectivity index (χ4v) is 2.40. The van der Waals surface area contributed by atoms with Crippen LogP contribution in [0.15, 0.2) is 6.20 Å². The molecule has 1 aromatic heterocycles. The Morgan fingerprint density at radius 3 is 2.71 bits per heavy atom. The molecule has 0 aliphatic carbocycles. The lowest BCUT2D eigenvalue weighted by Gasteiger charge is -2.24. The van der Waals surface area contributed by atoms with Gasteiger partial charge in [-0.15, -0.1) is 0 Å². The predicted octanol–water partition coefficient (Wildman–Crippen LogP) is 2.28. The lowest BCUT2D eigenvalue weighted by Crippen LogP contribution is -2.35. The van der Waals surface area contributed by atoms with Gasteiger partial charge >= 0.3 is 11.8 Å². The summed E-state index contributed by atoms with van der Waals surface area (Å²) in [6.45, 7) is 8.14. The average molecular weight is 296 g/mol. The molecule has 1 atom stereocenters. The van der Waals surface area contributed by atoms with E-state index in [1.165, 1.54) is 6.20 Å². The molecule has 2 rings (SSSR count). The highest BCUT2D eigenvalue weighted by molar-refractivity contribution is 5.68. The molecular formula is C13H20N4O4. The van der Waals surface area contributed by atoms with E-state index in [0.29, 0.717) is 25.2 Å². The third kappa shape index (κ3) is 3.32. The first-order valence-corrected chi connectivity index (χ1v) is 6.85. The molecule has 0 spiro atoms. The van der Waals surface area contributed by atoms with Crippen LogP contribution in [-0.4, -0.2) is 44.4 Å². The minimum Gasteiger partial charge on any atom is -0.444 e. The zero-order chi connectivity index (χ0) is 15.8. The molecule has 1 amide bonds. The third-order valence-corrected chi connectivity index (χ3v) is 3.38. The average Bonchev–Trinajstić information content (AvgIpc) is 2.92. The predicted molar refractivity (Wildman–Crippen MR) is 75.1 cm³/mol. The Morgan fingerprint density at radius 1 is 1.52 bits per heavy atom. The van der Waals surface area contributed by atoms with Crippen LogP contribution in [0, 0.1) is 17.0 Å². The lowest BCUT2D eigenvalue weighted by molar-refractivity contribution is -0.385. The number of amides is 1. The van der Waals surface area contributed by atoms with E-state index in [0.717, 1.165) is 0 Å². The van der Waals surface area contributed by atoms with Crippen LogP contribution in [-0.2, 0) is 4.74 Å². The summed E-state index contributed by atoms with van der Waals surface area (Å²) in [5.41, 5.74) is -0.0167. The molecule has 1 aliphatic heterocycles. The van der Waals surface area contributed by atoms with Crippen molar-refractivity contribution in [1.29, 1.82) is 0 Å². The Balaban J connectivity index is 2.06. The van der Waals surface area contributed by atoms with Gasteiger partial charge in [-0.1, -0.05) is 0 Å². The van der Waals surface area contributed by atoms with E-state index >= 15 is 0 Å². The fourth-order valence-electron chi connectivity index (χ4n) is 2.40. The topological polar surface area (TPSA) is 90.5 Å². The standard InChI is InChI=1S/C13H20N4O4/c1-9-11(17(19)20)7-14-16(9)10-5-6-15(8-10)12(18)21-13(2,3)4/h7,10H,5-6,8H2,1-4H3. The van der Waals surface area contributed by atoms with Crippen molar-refractivity contribution in [2.75, 3.05) is 13.1 Å². The summed E-state index contributed by atoms with van der Waals surface area (Å²) in [5, 5.41) is 14.9. The van der Waals surface area contributed by atoms with E-state index in [2.05, 4.69) is 5.10 Å². The minimum absolute atomic E-state index is 0.00529. The van der Waals surface area contributed by atoms with E-state index < -0.39 is 10.5 Å². The van der Waals surface area contributed by atoms with Gasteiger partial charge in [-0.25, -0.2) is 4.79 Å². The van der Waals surface area contributed by atoms with Crippen molar-refractivity contribution in [2.45, 2.75) is 45.8 Å². The number of rotatable bonds is 2. The largest absolute Gasteiger partial charge is 0.444 e. The molecule has 1 unspecified atom stereocenters. The van der Waals surface area contributed by atoms with Crippen molar-refractivity contribution in [2.24, 2.45) is 0 Å². The summed E-state index contributed by atoms with van der Waals surface area (Å²) in [5.74, 6) is 0. The van der Waals surface area contributed by atoms with Crippen LogP contribution in [0.2, 0.25) is 0 Å². The molecule has 1 fully saturated rings. The first-order valence-electron chi connectivity index (χ1n) is 6.85. The van der Waals surface area contributed by atoms with E-state index in [1.54, 1.807) is 16.5 Å². The first-order chi connectivity index (χ1) is 9.69. The molecule has 8 heteroatoms. The third-order valence-electron chi connectivity index (χ3n) is 3.38. The maximum atomic E-state index is 12.0. The number of carbonyl (C=O) groups excluding carboxylic acids is 1. The van der Waals surface area contributed by atoms with Crippen LogP contribution < -0.4 is 0 Å². The number of aromatic nitrogens is 2. The number of ether oxygens (including phenoxy) is 1. The van der Waals surface area contributed by atoms with Gasteiger partial charge in [0.25, 0.3) is 0 Å². The number of nitrogens with zero attached hydrogens (tertiary/aromatic N) is 4. The van der Waals surface area contributed by atoms with Gasteiger partial charge in [-0.05, 0) is 34.1 Å². The Labute approximate surface area is 122 Å². The summed E-state index contributed by atoms with van der Waals surface area (Å²) in [7, 11) is 0. The normalized spacial score (nSPS) is 18.9. The minimum atomic E-state index is -0.532. The van der Waals surface area contributed by atoms with Crippen molar-refractivity contribution >= 4 is 11.8 Å². The summed E-state index contributed by atoms with van der Waals surface area (Å²) in [6.07, 6.45) is 1.61. The Bertz CT molecular complexity index is 561. The molecule has 0 saturated carbocycles. The van der Waals surface area contributed by atoms with E-state index in [9.17, 15) is 14.9 Å². The van der Waals surface area contributed by atoms with Gasteiger partial charge in [0.05, 0.1) is 11.0 Å². The molecular weight excluding hydrogens is 276 g/mol. The summed E-state index contributed by atoms with van der Waals surface area (Å²) >= 11 is 0. The van der Waals surface area contributed by atoms with Crippen molar-refractivity contribution in [3.63, 3.8) is 0 Å². The van der Waals surface area contributed by atoms with E-state index in [4.69, 9.17) is 4.74 Å². The van der Waals surface area contributed by atoms with Gasteiger partial charge in [-0.3, -0.25) is 14.8 Å². The van der Waals surface area contributed by atoms with Gasteiger partial charge in [0.2, 0.25) is 0 Å². The lowest BCUT2D eigenvalue weighted by atomic mass is 10.2. The number of carbonyl (C=O) groups is 1. The Hall–Kier alpha value is -2.12. The molecule has 0 aromatic carbocycles. The maximum absolute atomic E-state index is 12.0. The quantitative estimate of drug-likeness (QED) is 0.617. The Kier molecular flexibility index (Phi) is 3.89. The molecule has 0 bridgehead atoms. The fraction of sp³-hybridized carbons (Fsp3) is 0.692. The number of likely N-dealkylation sites (tertiary alicyclic amines) is 1. The van der Waals surface area contributed by atoms with Crippen LogP contribution in [0.25, 0.3) is 0 Å². The van der Waals surface area contributed by atoms with E-state index in [-0.39, 0.29) is 17.8 Å². The molecule has 8 nitrogen and oxygen atoms in total. The second-order valence-corrected chi connectivity index (χ2v) is 6.19. The molecule has 0 N–H and O–H groups in total. The highest BCUT2D eigenvalue weighted by Crippen LogP contribution is 2.27. The number of hydrogen-bond donors (Lipinski definition) is 0. The molecule has 1 aliphatic rings. The maximum Gasteiger partial charge on any atom is 0.410 e. The smallest absolute Gasteiger partial charge is 0.410 e. The van der Waals surface area contributed by atoms with Gasteiger partial charge in [-0.2, -0.15) is 5.10 Å². The van der Waals surface area contributed by atoms with Crippen molar-refractivity contribution in [3.8, 4) is 0 Å². The second kappa shape index (κ2) is 5.34. The van der Waals surface area contributed by atoms with Gasteiger partial charge in [0.15, 0.2) is 0 Å². The zero-order valence-electron chi connectivity index (χ0n) is 12.7. The Morgan fingerprint density at radius 2 is 2.19 bits per heavy atom. The van der Waals surface area contributed by atoms with Gasteiger partial charge < -0.3 is 9.64 Å². The summed E-state index contributed by atoms with van der Waals surface area (Å²) in [4.78, 5) is 24.0. The number of hydrogen-bond acceptors (Lipinski definition) is 5. The first kappa shape index (κ1) is 15.3. The molecule has 2 heterocycles. The van der Waals surface area contributed by atoms with Crippen LogP contribution in [0.3, 0.4) is 0 Å². The van der Waals surface area contributed by atoms with Crippen LogP contribution in [0.4, 0.5) is 10.5 Å². The van der Waals surface area contributed by atoms with Crippen molar-refractivity contribution < 1.29 is 14.5 Å². The summed E-state index contributed by atoms with van der Waals surface area (Å²) in [6, 6.07) is -0.0498. The highest BCUT2D eigenvalue weighted by atomic mass is 16.6. The van der Waals surface area contributed by atoms with Crippen LogP contribution in [0.1, 0.15) is 38.9 Å².